The second-order valence-corrected chi connectivity index (χ2v) is 8.62. The van der Waals surface area contributed by atoms with E-state index < -0.39 is 48.9 Å². The molecule has 3 aromatic rings. The minimum absolute atomic E-state index is 0.0426. The Morgan fingerprint density at radius 1 is 1.29 bits per heavy atom. The standard InChI is InChI=1S/C22H20F4N8O4/c1-21(37,22(24,25)26)20(36)33-7-13(23)14(8-33)32-18(35)12-3-11(6-29-19(12)38-2)15-4-10(5-27)16-17(28)30-9-31-34(15)16/h3-4,6,9,13-14,37H,7-8H2,1-2H3,(H,32,35)(H2,28,30,31)/t13-,14+,21?/m0/s1. The van der Waals surface area contributed by atoms with Crippen molar-refractivity contribution in [3.05, 3.63) is 35.8 Å². The lowest BCUT2D eigenvalue weighted by Gasteiger charge is -2.29. The summed E-state index contributed by atoms with van der Waals surface area (Å²) >= 11 is 0. The third kappa shape index (κ3) is 4.41. The molecule has 1 saturated heterocycles. The summed E-state index contributed by atoms with van der Waals surface area (Å²) in [5, 5.41) is 25.5. The van der Waals surface area contributed by atoms with Gasteiger partial charge in [-0.25, -0.2) is 18.9 Å². The summed E-state index contributed by atoms with van der Waals surface area (Å²) in [5.41, 5.74) is 3.00. The Kier molecular flexibility index (Phi) is 6.57. The molecular formula is C22H20F4N8O4. The summed E-state index contributed by atoms with van der Waals surface area (Å²) in [6.45, 7) is -1.10. The number of anilines is 1. The molecule has 2 amide bonds. The number of halogens is 4. The molecule has 0 aliphatic carbocycles. The molecule has 12 nitrogen and oxygen atoms in total. The third-order valence-corrected chi connectivity index (χ3v) is 6.11. The molecule has 0 bridgehead atoms. The van der Waals surface area contributed by atoms with Gasteiger partial charge < -0.3 is 25.8 Å². The molecule has 16 heteroatoms. The Labute approximate surface area is 211 Å². The van der Waals surface area contributed by atoms with Crippen molar-refractivity contribution < 1.29 is 37.0 Å². The molecule has 1 unspecified atom stereocenters. The lowest BCUT2D eigenvalue weighted by molar-refractivity contribution is -0.249. The molecule has 3 aromatic heterocycles. The van der Waals surface area contributed by atoms with Gasteiger partial charge in [-0.3, -0.25) is 9.59 Å². The zero-order valence-electron chi connectivity index (χ0n) is 19.8. The first kappa shape index (κ1) is 26.5. The van der Waals surface area contributed by atoms with Crippen LogP contribution in [0.1, 0.15) is 22.8 Å². The van der Waals surface area contributed by atoms with Crippen LogP contribution in [-0.4, -0.2) is 85.6 Å². The quantitative estimate of drug-likeness (QED) is 0.400. The highest BCUT2D eigenvalue weighted by Crippen LogP contribution is 2.33. The number of hydrogen-bond acceptors (Lipinski definition) is 9. The van der Waals surface area contributed by atoms with Crippen LogP contribution in [0.25, 0.3) is 16.8 Å². The number of hydrogen-bond donors (Lipinski definition) is 3. The van der Waals surface area contributed by atoms with Gasteiger partial charge in [0.25, 0.3) is 11.8 Å². The number of methoxy groups -OCH3 is 1. The summed E-state index contributed by atoms with van der Waals surface area (Å²) in [7, 11) is 1.24. The van der Waals surface area contributed by atoms with E-state index in [2.05, 4.69) is 20.4 Å². The number of rotatable bonds is 5. The fourth-order valence-corrected chi connectivity index (χ4v) is 4.02. The fourth-order valence-electron chi connectivity index (χ4n) is 4.02. The van der Waals surface area contributed by atoms with E-state index in [1.807, 2.05) is 6.07 Å². The van der Waals surface area contributed by atoms with Crippen LogP contribution < -0.4 is 15.8 Å². The van der Waals surface area contributed by atoms with Gasteiger partial charge in [-0.05, 0) is 19.1 Å². The lowest BCUT2D eigenvalue weighted by atomic mass is 10.1. The second kappa shape index (κ2) is 9.41. The van der Waals surface area contributed by atoms with Crippen molar-refractivity contribution in [2.24, 2.45) is 0 Å². The van der Waals surface area contributed by atoms with Gasteiger partial charge in [0.1, 0.15) is 29.6 Å². The molecule has 38 heavy (non-hydrogen) atoms. The molecular weight excluding hydrogens is 516 g/mol. The number of carbonyl (C=O) groups excluding carboxylic acids is 2. The van der Waals surface area contributed by atoms with Crippen molar-refractivity contribution in [3.8, 4) is 23.2 Å². The van der Waals surface area contributed by atoms with Crippen molar-refractivity contribution in [2.45, 2.75) is 30.9 Å². The van der Waals surface area contributed by atoms with Crippen molar-refractivity contribution in [1.29, 1.82) is 5.26 Å². The summed E-state index contributed by atoms with van der Waals surface area (Å²) < 4.78 is 60.3. The van der Waals surface area contributed by atoms with Gasteiger partial charge in [-0.2, -0.15) is 23.5 Å². The zero-order valence-corrected chi connectivity index (χ0v) is 19.8. The van der Waals surface area contributed by atoms with Crippen molar-refractivity contribution in [2.75, 3.05) is 25.9 Å². The maximum atomic E-state index is 14.7. The number of nitrogens with zero attached hydrogens (tertiary/aromatic N) is 6. The highest BCUT2D eigenvalue weighted by molar-refractivity contribution is 5.98. The minimum atomic E-state index is -5.28. The van der Waals surface area contributed by atoms with Crippen LogP contribution in [-0.2, 0) is 4.79 Å². The minimum Gasteiger partial charge on any atom is -0.480 e. The zero-order chi connectivity index (χ0) is 28.0. The van der Waals surface area contributed by atoms with Crippen LogP contribution in [0.3, 0.4) is 0 Å². The number of nitriles is 1. The number of pyridine rings is 1. The maximum absolute atomic E-state index is 14.7. The number of alkyl halides is 4. The van der Waals surface area contributed by atoms with Crippen LogP contribution >= 0.6 is 0 Å². The van der Waals surface area contributed by atoms with E-state index in [0.29, 0.717) is 16.2 Å². The normalized spacial score (nSPS) is 19.2. The molecule has 0 saturated carbocycles. The highest BCUT2D eigenvalue weighted by Gasteiger charge is 2.58. The number of aromatic nitrogens is 4. The number of likely N-dealkylation sites (tertiary alicyclic amines) is 1. The third-order valence-electron chi connectivity index (χ3n) is 6.11. The van der Waals surface area contributed by atoms with E-state index in [1.54, 1.807) is 0 Å². The molecule has 1 aliphatic rings. The molecule has 4 rings (SSSR count). The van der Waals surface area contributed by atoms with E-state index in [4.69, 9.17) is 10.5 Å². The molecule has 4 heterocycles. The number of nitrogens with two attached hydrogens (primary N) is 1. The summed E-state index contributed by atoms with van der Waals surface area (Å²) in [4.78, 5) is 33.7. The fraction of sp³-hybridized carbons (Fsp3) is 0.364. The first-order valence-electron chi connectivity index (χ1n) is 10.9. The first-order chi connectivity index (χ1) is 17.8. The van der Waals surface area contributed by atoms with Crippen molar-refractivity contribution in [1.82, 2.24) is 29.8 Å². The molecule has 0 spiro atoms. The topological polar surface area (TPSA) is 172 Å². The largest absolute Gasteiger partial charge is 0.480 e. The Balaban J connectivity index is 1.62. The predicted octanol–water partition coefficient (Wildman–Crippen LogP) is 0.846. The van der Waals surface area contributed by atoms with Gasteiger partial charge >= 0.3 is 6.18 Å². The Hall–Kier alpha value is -4.52. The van der Waals surface area contributed by atoms with Gasteiger partial charge in [0.15, 0.2) is 5.82 Å². The van der Waals surface area contributed by atoms with Crippen LogP contribution in [0, 0.1) is 11.3 Å². The van der Waals surface area contributed by atoms with Gasteiger partial charge in [-0.15, -0.1) is 0 Å². The number of nitrogen functional groups attached to an aromatic ring is 1. The average molecular weight is 536 g/mol. The molecule has 200 valence electrons. The summed E-state index contributed by atoms with van der Waals surface area (Å²) in [5.74, 6) is -2.74. The number of nitrogens with one attached hydrogen (secondary N) is 1. The van der Waals surface area contributed by atoms with Crippen LogP contribution in [0.15, 0.2) is 24.7 Å². The number of aliphatic hydroxyl groups is 1. The number of ether oxygens (including phenoxy) is 1. The van der Waals surface area contributed by atoms with Gasteiger partial charge in [-0.1, -0.05) is 0 Å². The van der Waals surface area contributed by atoms with Crippen LogP contribution in [0.4, 0.5) is 23.4 Å². The van der Waals surface area contributed by atoms with Crippen LogP contribution in [0.5, 0.6) is 5.88 Å². The van der Waals surface area contributed by atoms with E-state index in [9.17, 15) is 37.5 Å². The lowest BCUT2D eigenvalue weighted by Crippen LogP contribution is -2.56. The Morgan fingerprint density at radius 2 is 2.00 bits per heavy atom. The maximum Gasteiger partial charge on any atom is 0.426 e. The smallest absolute Gasteiger partial charge is 0.426 e. The molecule has 1 fully saturated rings. The Bertz CT molecular complexity index is 1470. The number of amides is 2. The van der Waals surface area contributed by atoms with E-state index in [0.717, 1.165) is 0 Å². The van der Waals surface area contributed by atoms with Crippen molar-refractivity contribution >= 4 is 23.1 Å². The van der Waals surface area contributed by atoms with E-state index >= 15 is 0 Å². The summed E-state index contributed by atoms with van der Waals surface area (Å²) in [6.07, 6.45) is -4.69. The van der Waals surface area contributed by atoms with Gasteiger partial charge in [0.2, 0.25) is 11.5 Å². The SMILES string of the molecule is COc1ncc(-c2cc(C#N)c3c(N)ncnn23)cc1C(=O)N[C@@H]1CN(C(=O)C(C)(O)C(F)(F)F)C[C@@H]1F. The van der Waals surface area contributed by atoms with Gasteiger partial charge in [0.05, 0.1) is 31.0 Å². The average Bonchev–Trinajstić information content (AvgIpc) is 3.43. The van der Waals surface area contributed by atoms with E-state index in [-0.39, 0.29) is 35.3 Å². The second-order valence-electron chi connectivity index (χ2n) is 8.62. The Morgan fingerprint density at radius 3 is 2.63 bits per heavy atom. The van der Waals surface area contributed by atoms with Gasteiger partial charge in [0, 0.05) is 18.3 Å². The predicted molar refractivity (Wildman–Crippen MR) is 121 cm³/mol. The monoisotopic (exact) mass is 536 g/mol. The highest BCUT2D eigenvalue weighted by atomic mass is 19.4. The molecule has 0 radical (unpaired) electrons. The van der Waals surface area contributed by atoms with Crippen molar-refractivity contribution in [3.63, 3.8) is 0 Å². The molecule has 1 aliphatic heterocycles. The molecule has 4 N–H and O–H groups in total. The number of carbonyl (C=O) groups is 2. The number of fused-ring (bicyclic) bond motifs is 1. The first-order valence-corrected chi connectivity index (χ1v) is 10.9. The summed E-state index contributed by atoms with van der Waals surface area (Å²) in [6, 6.07) is 3.39. The van der Waals surface area contributed by atoms with E-state index in [1.165, 1.54) is 36.3 Å². The van der Waals surface area contributed by atoms with Crippen LogP contribution in [0.2, 0.25) is 0 Å². The molecule has 3 atom stereocenters. The molecule has 0 aromatic carbocycles.